The van der Waals surface area contributed by atoms with E-state index in [1.165, 1.54) is 6.07 Å². The summed E-state index contributed by atoms with van der Waals surface area (Å²) in [6.45, 7) is 4.87. The molecule has 100 valence electrons. The Morgan fingerprint density at radius 1 is 1.32 bits per heavy atom. The summed E-state index contributed by atoms with van der Waals surface area (Å²) >= 11 is 0. The van der Waals surface area contributed by atoms with Gasteiger partial charge in [-0.2, -0.15) is 10.7 Å². The average Bonchev–Trinajstić information content (AvgIpc) is 2.33. The second-order valence-electron chi connectivity index (χ2n) is 4.91. The van der Waals surface area contributed by atoms with Crippen LogP contribution < -0.4 is 5.48 Å². The summed E-state index contributed by atoms with van der Waals surface area (Å²) in [6.07, 6.45) is 0. The highest BCUT2D eigenvalue weighted by molar-refractivity contribution is 5.94. The highest BCUT2D eigenvalue weighted by Gasteiger charge is 2.24. The first-order valence-electron chi connectivity index (χ1n) is 5.46. The Kier molecular flexibility index (Phi) is 4.22. The molecule has 0 bridgehead atoms. The van der Waals surface area contributed by atoms with Gasteiger partial charge < -0.3 is 4.84 Å². The molecule has 1 aromatic rings. The summed E-state index contributed by atoms with van der Waals surface area (Å²) in [5.41, 5.74) is 1.06. The molecule has 0 saturated carbocycles. The normalized spacial score (nSPS) is 10.5. The number of rotatable bonds is 1. The minimum Gasteiger partial charge on any atom is -0.340 e. The molecule has 1 N–H and O–H groups in total. The first kappa shape index (κ1) is 14.6. The quantitative estimate of drug-likeness (QED) is 0.786. The van der Waals surface area contributed by atoms with E-state index in [-0.39, 0.29) is 11.1 Å². The van der Waals surface area contributed by atoms with Crippen LogP contribution in [0.1, 0.15) is 36.7 Å². The summed E-state index contributed by atoms with van der Waals surface area (Å²) < 4.78 is 13.1. The number of amides is 1. The van der Waals surface area contributed by atoms with Crippen molar-refractivity contribution in [2.45, 2.75) is 20.8 Å². The Bertz CT molecular complexity index is 556. The van der Waals surface area contributed by atoms with Crippen molar-refractivity contribution in [3.63, 3.8) is 0 Å². The van der Waals surface area contributed by atoms with Crippen LogP contribution in [0.4, 0.5) is 4.39 Å². The molecule has 6 heteroatoms. The molecule has 0 aliphatic heterocycles. The number of carbonyl (C=O) groups is 2. The van der Waals surface area contributed by atoms with E-state index in [0.717, 1.165) is 12.1 Å². The summed E-state index contributed by atoms with van der Waals surface area (Å²) in [7, 11) is 0. The van der Waals surface area contributed by atoms with Crippen LogP contribution in [-0.4, -0.2) is 11.9 Å². The fourth-order valence-electron chi connectivity index (χ4n) is 1.09. The van der Waals surface area contributed by atoms with Gasteiger partial charge in [0.15, 0.2) is 0 Å². The summed E-state index contributed by atoms with van der Waals surface area (Å²) in [5, 5.41) is 8.66. The molecule has 0 heterocycles. The highest BCUT2D eigenvalue weighted by atomic mass is 19.1. The summed E-state index contributed by atoms with van der Waals surface area (Å²) in [5.74, 6) is -2.14. The number of halogens is 1. The molecule has 1 aromatic carbocycles. The molecule has 19 heavy (non-hydrogen) atoms. The maximum atomic E-state index is 13.1. The minimum atomic E-state index is -0.798. The van der Waals surface area contributed by atoms with Crippen LogP contribution in [0.25, 0.3) is 0 Å². The van der Waals surface area contributed by atoms with Crippen molar-refractivity contribution in [3.05, 3.63) is 35.1 Å². The van der Waals surface area contributed by atoms with Gasteiger partial charge in [-0.25, -0.2) is 9.18 Å². The van der Waals surface area contributed by atoms with Crippen molar-refractivity contribution < 1.29 is 18.8 Å². The predicted molar refractivity (Wildman–Crippen MR) is 64.1 cm³/mol. The van der Waals surface area contributed by atoms with E-state index in [0.29, 0.717) is 0 Å². The van der Waals surface area contributed by atoms with E-state index < -0.39 is 23.1 Å². The Morgan fingerprint density at radius 2 is 1.95 bits per heavy atom. The van der Waals surface area contributed by atoms with Crippen LogP contribution in [0.5, 0.6) is 0 Å². The zero-order valence-corrected chi connectivity index (χ0v) is 10.8. The number of hydrogen-bond acceptors (Lipinski definition) is 4. The van der Waals surface area contributed by atoms with Crippen molar-refractivity contribution in [2.75, 3.05) is 0 Å². The van der Waals surface area contributed by atoms with Crippen molar-refractivity contribution in [3.8, 4) is 6.07 Å². The molecular weight excluding hydrogens is 251 g/mol. The molecule has 1 rings (SSSR count). The van der Waals surface area contributed by atoms with Gasteiger partial charge >= 0.3 is 5.97 Å². The second-order valence-corrected chi connectivity index (χ2v) is 4.91. The molecule has 0 atom stereocenters. The lowest BCUT2D eigenvalue weighted by Crippen LogP contribution is -2.33. The Morgan fingerprint density at radius 3 is 2.47 bits per heavy atom. The number of benzene rings is 1. The van der Waals surface area contributed by atoms with E-state index in [9.17, 15) is 14.0 Å². The van der Waals surface area contributed by atoms with Gasteiger partial charge in [0.25, 0.3) is 5.91 Å². The lowest BCUT2D eigenvalue weighted by atomic mass is 9.98. The topological polar surface area (TPSA) is 79.2 Å². The van der Waals surface area contributed by atoms with Crippen molar-refractivity contribution in [1.82, 2.24) is 5.48 Å². The number of nitrogens with one attached hydrogen (secondary N) is 1. The van der Waals surface area contributed by atoms with E-state index in [4.69, 9.17) is 5.26 Å². The molecule has 0 spiro atoms. The zero-order chi connectivity index (χ0) is 14.6. The monoisotopic (exact) mass is 264 g/mol. The van der Waals surface area contributed by atoms with E-state index in [2.05, 4.69) is 4.84 Å². The Hall–Kier alpha value is -2.42. The van der Waals surface area contributed by atoms with Crippen molar-refractivity contribution in [1.29, 1.82) is 5.26 Å². The van der Waals surface area contributed by atoms with E-state index in [1.807, 2.05) is 5.48 Å². The van der Waals surface area contributed by atoms with Crippen molar-refractivity contribution >= 4 is 11.9 Å². The summed E-state index contributed by atoms with van der Waals surface area (Å²) in [4.78, 5) is 27.7. The van der Waals surface area contributed by atoms with Crippen LogP contribution >= 0.6 is 0 Å². The third-order valence-electron chi connectivity index (χ3n) is 2.14. The smallest absolute Gasteiger partial charge is 0.337 e. The van der Waals surface area contributed by atoms with Crippen LogP contribution in [0.3, 0.4) is 0 Å². The first-order valence-corrected chi connectivity index (χ1v) is 5.46. The van der Waals surface area contributed by atoms with Gasteiger partial charge in [0.1, 0.15) is 5.82 Å². The Balaban J connectivity index is 2.77. The lowest BCUT2D eigenvalue weighted by molar-refractivity contribution is -0.158. The standard InChI is InChI=1S/C13H13FN2O3/c1-13(2,3)12(18)19-16-11(17)9-4-8(7-15)5-10(14)6-9/h4-6H,1-3H3,(H,16,17). The van der Waals surface area contributed by atoms with Gasteiger partial charge in [-0.1, -0.05) is 0 Å². The van der Waals surface area contributed by atoms with Crippen LogP contribution in [-0.2, 0) is 9.63 Å². The number of nitrogens with zero attached hydrogens (tertiary/aromatic N) is 1. The van der Waals surface area contributed by atoms with E-state index >= 15 is 0 Å². The zero-order valence-electron chi connectivity index (χ0n) is 10.8. The minimum absolute atomic E-state index is 0.00676. The van der Waals surface area contributed by atoms with Gasteiger partial charge in [0.2, 0.25) is 0 Å². The van der Waals surface area contributed by atoms with E-state index in [1.54, 1.807) is 26.8 Å². The number of carbonyl (C=O) groups excluding carboxylic acids is 2. The first-order chi connectivity index (χ1) is 8.74. The van der Waals surface area contributed by atoms with Gasteiger partial charge in [0, 0.05) is 5.56 Å². The molecule has 0 unspecified atom stereocenters. The van der Waals surface area contributed by atoms with Crippen LogP contribution in [0, 0.1) is 22.6 Å². The highest BCUT2D eigenvalue weighted by Crippen LogP contribution is 2.14. The predicted octanol–water partition coefficient (Wildman–Crippen LogP) is 1.93. The molecule has 1 amide bonds. The van der Waals surface area contributed by atoms with Crippen LogP contribution in [0.2, 0.25) is 0 Å². The molecule has 0 saturated heterocycles. The lowest BCUT2D eigenvalue weighted by Gasteiger charge is -2.15. The molecule has 0 aliphatic rings. The SMILES string of the molecule is CC(C)(C)C(=O)ONC(=O)c1cc(F)cc(C#N)c1. The molecule has 0 radical (unpaired) electrons. The fourth-order valence-corrected chi connectivity index (χ4v) is 1.09. The van der Waals surface area contributed by atoms with Crippen molar-refractivity contribution in [2.24, 2.45) is 5.41 Å². The largest absolute Gasteiger partial charge is 0.340 e. The number of hydrogen-bond donors (Lipinski definition) is 1. The maximum Gasteiger partial charge on any atom is 0.337 e. The third kappa shape index (κ3) is 4.07. The summed E-state index contributed by atoms with van der Waals surface area (Å²) in [6, 6.07) is 4.87. The van der Waals surface area contributed by atoms with Crippen LogP contribution in [0.15, 0.2) is 18.2 Å². The fraction of sp³-hybridized carbons (Fsp3) is 0.308. The molecule has 5 nitrogen and oxygen atoms in total. The molecular formula is C13H13FN2O3. The number of nitriles is 1. The molecule has 0 aromatic heterocycles. The maximum absolute atomic E-state index is 13.1. The van der Waals surface area contributed by atoms with Gasteiger partial charge in [-0.05, 0) is 39.0 Å². The second kappa shape index (κ2) is 5.48. The van der Waals surface area contributed by atoms with Gasteiger partial charge in [-0.15, -0.1) is 0 Å². The molecule has 0 fully saturated rings. The van der Waals surface area contributed by atoms with Gasteiger partial charge in [-0.3, -0.25) is 4.79 Å². The average molecular weight is 264 g/mol. The third-order valence-corrected chi connectivity index (χ3v) is 2.14. The number of hydroxylamine groups is 1. The Labute approximate surface area is 109 Å². The molecule has 0 aliphatic carbocycles. The van der Waals surface area contributed by atoms with Gasteiger partial charge in [0.05, 0.1) is 17.0 Å².